The quantitative estimate of drug-likeness (QED) is 0.285. The number of carbonyl (C=O) groups is 2. The molecule has 0 aliphatic carbocycles. The summed E-state index contributed by atoms with van der Waals surface area (Å²) in [6, 6.07) is 13.3. The van der Waals surface area contributed by atoms with E-state index in [1.165, 1.54) is 55.7 Å². The first-order valence-corrected chi connectivity index (χ1v) is 10.1. The number of methoxy groups -OCH3 is 1. The molecule has 2 heterocycles. The van der Waals surface area contributed by atoms with E-state index in [0.717, 1.165) is 4.90 Å². The molecule has 0 radical (unpaired) electrons. The van der Waals surface area contributed by atoms with E-state index in [-0.39, 0.29) is 39.8 Å². The summed E-state index contributed by atoms with van der Waals surface area (Å²) >= 11 is 0.711. The lowest BCUT2D eigenvalue weighted by atomic mass is 10.1. The van der Waals surface area contributed by atoms with Crippen molar-refractivity contribution in [3.05, 3.63) is 86.8 Å². The molecule has 0 spiro atoms. The van der Waals surface area contributed by atoms with Crippen LogP contribution in [0.1, 0.15) is 11.3 Å². The zero-order chi connectivity index (χ0) is 22.8. The lowest BCUT2D eigenvalue weighted by Gasteiger charge is -2.12. The zero-order valence-electron chi connectivity index (χ0n) is 16.6. The number of hydrogen-bond acceptors (Lipinski definition) is 7. The lowest BCUT2D eigenvalue weighted by molar-refractivity contribution is -0.384. The number of halogens is 1. The van der Waals surface area contributed by atoms with Gasteiger partial charge in [-0.3, -0.25) is 24.6 Å². The summed E-state index contributed by atoms with van der Waals surface area (Å²) in [6.07, 6.45) is 1.38. The molecule has 0 bridgehead atoms. The Balaban J connectivity index is 1.59. The maximum atomic E-state index is 13.9. The van der Waals surface area contributed by atoms with Gasteiger partial charge in [0, 0.05) is 11.6 Å². The molecule has 1 aromatic heterocycles. The number of thioether (sulfide) groups is 1. The van der Waals surface area contributed by atoms with E-state index < -0.39 is 21.9 Å². The summed E-state index contributed by atoms with van der Waals surface area (Å²) in [7, 11) is 1.41. The molecule has 1 aliphatic rings. The molecule has 0 unspecified atom stereocenters. The molecule has 1 fully saturated rings. The first kappa shape index (κ1) is 21.3. The average molecular weight is 454 g/mol. The van der Waals surface area contributed by atoms with Crippen molar-refractivity contribution in [3.8, 4) is 17.1 Å². The number of benzene rings is 2. The van der Waals surface area contributed by atoms with Crippen molar-refractivity contribution in [2.75, 3.05) is 7.11 Å². The number of nitro groups is 1. The van der Waals surface area contributed by atoms with Crippen LogP contribution in [0, 0.1) is 15.9 Å². The minimum Gasteiger partial charge on any atom is -0.497 e. The Labute approximate surface area is 185 Å². The molecule has 10 heteroatoms. The average Bonchev–Trinajstić information content (AvgIpc) is 3.35. The van der Waals surface area contributed by atoms with Gasteiger partial charge in [0.2, 0.25) is 0 Å². The van der Waals surface area contributed by atoms with Crippen LogP contribution in [0.4, 0.5) is 14.9 Å². The second-order valence-electron chi connectivity index (χ2n) is 6.70. The Morgan fingerprint density at radius 1 is 1.19 bits per heavy atom. The molecule has 2 aromatic carbocycles. The van der Waals surface area contributed by atoms with Gasteiger partial charge in [-0.25, -0.2) is 4.39 Å². The van der Waals surface area contributed by atoms with Gasteiger partial charge in [0.1, 0.15) is 23.1 Å². The fraction of sp³-hybridized carbons (Fsp3) is 0.0909. The summed E-state index contributed by atoms with van der Waals surface area (Å²) in [6.45, 7) is -0.184. The summed E-state index contributed by atoms with van der Waals surface area (Å²) in [4.78, 5) is 36.9. The number of furan rings is 1. The van der Waals surface area contributed by atoms with Gasteiger partial charge < -0.3 is 9.15 Å². The van der Waals surface area contributed by atoms with Crippen LogP contribution in [0.5, 0.6) is 5.75 Å². The number of imide groups is 1. The third-order valence-electron chi connectivity index (χ3n) is 4.73. The minimum absolute atomic E-state index is 0.108. The second kappa shape index (κ2) is 8.67. The standard InChI is InChI=1S/C22H15FN2O6S/c1-30-14-6-8-16(18(10-14)25(28)29)19-9-7-15(31-19)11-20-21(26)24(22(27)32-20)12-13-4-2-3-5-17(13)23/h2-11H,12H2,1H3/b20-11+. The van der Waals surface area contributed by atoms with Crippen molar-refractivity contribution in [1.82, 2.24) is 4.90 Å². The van der Waals surface area contributed by atoms with Crippen LogP contribution < -0.4 is 4.74 Å². The van der Waals surface area contributed by atoms with Crippen LogP contribution in [0.3, 0.4) is 0 Å². The van der Waals surface area contributed by atoms with E-state index in [0.29, 0.717) is 17.5 Å². The first-order chi connectivity index (χ1) is 15.4. The van der Waals surface area contributed by atoms with Crippen LogP contribution in [0.25, 0.3) is 17.4 Å². The molecule has 0 N–H and O–H groups in total. The Kier molecular flexibility index (Phi) is 5.78. The molecular weight excluding hydrogens is 439 g/mol. The predicted molar refractivity (Wildman–Crippen MR) is 115 cm³/mol. The summed E-state index contributed by atoms with van der Waals surface area (Å²) in [5.74, 6) is -0.294. The number of amides is 2. The van der Waals surface area contributed by atoms with Gasteiger partial charge in [-0.2, -0.15) is 0 Å². The molecule has 0 saturated carbocycles. The highest BCUT2D eigenvalue weighted by molar-refractivity contribution is 8.18. The van der Waals surface area contributed by atoms with Crippen LogP contribution >= 0.6 is 11.8 Å². The van der Waals surface area contributed by atoms with Crippen LogP contribution in [0.2, 0.25) is 0 Å². The Morgan fingerprint density at radius 3 is 2.69 bits per heavy atom. The molecule has 162 valence electrons. The van der Waals surface area contributed by atoms with Gasteiger partial charge in [0.15, 0.2) is 0 Å². The third kappa shape index (κ3) is 4.12. The second-order valence-corrected chi connectivity index (χ2v) is 7.69. The minimum atomic E-state index is -0.573. The molecule has 1 aliphatic heterocycles. The highest BCUT2D eigenvalue weighted by Gasteiger charge is 2.35. The van der Waals surface area contributed by atoms with Crippen LogP contribution in [-0.4, -0.2) is 28.1 Å². The van der Waals surface area contributed by atoms with E-state index >= 15 is 0 Å². The molecule has 2 amide bonds. The fourth-order valence-electron chi connectivity index (χ4n) is 3.14. The van der Waals surface area contributed by atoms with Gasteiger partial charge in [-0.05, 0) is 42.1 Å². The van der Waals surface area contributed by atoms with Crippen LogP contribution in [-0.2, 0) is 11.3 Å². The molecule has 0 atom stereocenters. The highest BCUT2D eigenvalue weighted by Crippen LogP contribution is 2.37. The molecule has 8 nitrogen and oxygen atoms in total. The SMILES string of the molecule is COc1ccc(-c2ccc(/C=C3/SC(=O)N(Cc4ccccc4F)C3=O)o2)c([N+](=O)[O-])c1. The maximum absolute atomic E-state index is 13.9. The van der Waals surface area contributed by atoms with Gasteiger partial charge >= 0.3 is 0 Å². The molecule has 3 aromatic rings. The number of carbonyl (C=O) groups excluding carboxylic acids is 2. The third-order valence-corrected chi connectivity index (χ3v) is 5.63. The van der Waals surface area contributed by atoms with Crippen molar-refractivity contribution >= 4 is 34.7 Å². The van der Waals surface area contributed by atoms with Gasteiger partial charge in [0.25, 0.3) is 16.8 Å². The van der Waals surface area contributed by atoms with Gasteiger partial charge in [0.05, 0.1) is 35.1 Å². The van der Waals surface area contributed by atoms with Crippen molar-refractivity contribution < 1.29 is 28.1 Å². The normalized spacial score (nSPS) is 14.9. The van der Waals surface area contributed by atoms with E-state index in [9.17, 15) is 24.1 Å². The Hall–Kier alpha value is -3.92. The fourth-order valence-corrected chi connectivity index (χ4v) is 3.95. The van der Waals surface area contributed by atoms with E-state index in [4.69, 9.17) is 9.15 Å². The summed E-state index contributed by atoms with van der Waals surface area (Å²) < 4.78 is 24.6. The van der Waals surface area contributed by atoms with E-state index in [1.807, 2.05) is 0 Å². The van der Waals surface area contributed by atoms with Crippen molar-refractivity contribution in [2.24, 2.45) is 0 Å². The monoisotopic (exact) mass is 454 g/mol. The maximum Gasteiger partial charge on any atom is 0.293 e. The Bertz CT molecular complexity index is 1270. The number of nitro benzene ring substituents is 1. The largest absolute Gasteiger partial charge is 0.497 e. The number of ether oxygens (including phenoxy) is 1. The van der Waals surface area contributed by atoms with Crippen molar-refractivity contribution in [2.45, 2.75) is 6.54 Å². The van der Waals surface area contributed by atoms with E-state index in [2.05, 4.69) is 0 Å². The number of nitrogens with zero attached hydrogens (tertiary/aromatic N) is 2. The Morgan fingerprint density at radius 2 is 1.97 bits per heavy atom. The van der Waals surface area contributed by atoms with E-state index in [1.54, 1.807) is 12.1 Å². The summed E-state index contributed by atoms with van der Waals surface area (Å²) in [5.41, 5.74) is 0.265. The topological polar surface area (TPSA) is 103 Å². The molecule has 32 heavy (non-hydrogen) atoms. The van der Waals surface area contributed by atoms with Crippen LogP contribution in [0.15, 0.2) is 63.9 Å². The number of hydrogen-bond donors (Lipinski definition) is 0. The molecular formula is C22H15FN2O6S. The number of rotatable bonds is 6. The smallest absolute Gasteiger partial charge is 0.293 e. The first-order valence-electron chi connectivity index (χ1n) is 9.29. The molecule has 1 saturated heterocycles. The van der Waals surface area contributed by atoms with Crippen molar-refractivity contribution in [1.29, 1.82) is 0 Å². The predicted octanol–water partition coefficient (Wildman–Crippen LogP) is 5.24. The molecule has 4 rings (SSSR count). The van der Waals surface area contributed by atoms with Gasteiger partial charge in [-0.15, -0.1) is 0 Å². The zero-order valence-corrected chi connectivity index (χ0v) is 17.4. The summed E-state index contributed by atoms with van der Waals surface area (Å²) in [5, 5.41) is 10.9. The highest BCUT2D eigenvalue weighted by atomic mass is 32.2. The van der Waals surface area contributed by atoms with Gasteiger partial charge in [-0.1, -0.05) is 18.2 Å². The lowest BCUT2D eigenvalue weighted by Crippen LogP contribution is -2.27. The van der Waals surface area contributed by atoms with Crippen molar-refractivity contribution in [3.63, 3.8) is 0 Å².